The summed E-state index contributed by atoms with van der Waals surface area (Å²) >= 11 is 6.35. The van der Waals surface area contributed by atoms with Crippen LogP contribution in [-0.2, 0) is 47.0 Å². The summed E-state index contributed by atoms with van der Waals surface area (Å²) in [5.74, 6) is -2.47. The summed E-state index contributed by atoms with van der Waals surface area (Å²) in [6, 6.07) is 3.27. The molecule has 7 rings (SSSR count). The van der Waals surface area contributed by atoms with Crippen LogP contribution in [-0.4, -0.2) is 89.8 Å². The maximum atomic E-state index is 14.3. The molecule has 3 aliphatic heterocycles. The monoisotopic (exact) mass is 745 g/mol. The zero-order valence-electron chi connectivity index (χ0n) is 28.3. The van der Waals surface area contributed by atoms with Gasteiger partial charge in [0.05, 0.1) is 18.3 Å². The summed E-state index contributed by atoms with van der Waals surface area (Å²) in [6.45, 7) is 0.413. The molecule has 276 valence electrons. The number of halogens is 1. The molecule has 5 atom stereocenters. The molecule has 0 unspecified atom stereocenters. The van der Waals surface area contributed by atoms with E-state index in [9.17, 15) is 32.4 Å². The van der Waals surface area contributed by atoms with Gasteiger partial charge in [0.1, 0.15) is 29.8 Å². The van der Waals surface area contributed by atoms with E-state index in [0.29, 0.717) is 43.7 Å². The van der Waals surface area contributed by atoms with Gasteiger partial charge in [0, 0.05) is 23.9 Å². The van der Waals surface area contributed by atoms with E-state index in [4.69, 9.17) is 21.1 Å². The summed E-state index contributed by atoms with van der Waals surface area (Å²) in [6.07, 6.45) is 8.03. The summed E-state index contributed by atoms with van der Waals surface area (Å²) in [7, 11) is -3.90. The SMILES string of the molecule is O=C(N[C@H]1CCCCC/C=C\[C@@H]2C[C@@]2(C(=O)NS(=O)(=O)C2CC2)NC(=O)[C@@H]2C[C@@H](OC(=O)N3Cc4cccc(Cl)c4C3)CN2C1=O)OC1CCC1. The van der Waals surface area contributed by atoms with E-state index in [0.717, 1.165) is 43.2 Å². The van der Waals surface area contributed by atoms with Gasteiger partial charge < -0.3 is 25.0 Å². The van der Waals surface area contributed by atoms with Crippen molar-refractivity contribution in [1.29, 1.82) is 0 Å². The Labute approximate surface area is 302 Å². The number of fused-ring (bicyclic) bond motifs is 3. The molecule has 1 saturated heterocycles. The Hall–Kier alpha value is -3.85. The highest BCUT2D eigenvalue weighted by atomic mass is 35.5. The van der Waals surface area contributed by atoms with E-state index in [-0.39, 0.29) is 32.0 Å². The molecule has 16 heteroatoms. The first-order valence-corrected chi connectivity index (χ1v) is 19.9. The molecule has 0 aromatic heterocycles. The van der Waals surface area contributed by atoms with Gasteiger partial charge in [-0.25, -0.2) is 18.0 Å². The zero-order chi connectivity index (χ0) is 35.9. The maximum absolute atomic E-state index is 14.3. The van der Waals surface area contributed by atoms with E-state index in [1.807, 2.05) is 24.3 Å². The Morgan fingerprint density at radius 2 is 1.76 bits per heavy atom. The van der Waals surface area contributed by atoms with Gasteiger partial charge in [0.2, 0.25) is 21.8 Å². The number of alkyl carbamates (subject to hydrolysis) is 1. The van der Waals surface area contributed by atoms with Gasteiger partial charge in [-0.1, -0.05) is 48.7 Å². The van der Waals surface area contributed by atoms with Crippen LogP contribution in [0.4, 0.5) is 9.59 Å². The molecular formula is C35H44ClN5O9S. The Morgan fingerprint density at radius 1 is 0.961 bits per heavy atom. The largest absolute Gasteiger partial charge is 0.446 e. The van der Waals surface area contributed by atoms with Gasteiger partial charge in [-0.2, -0.15) is 0 Å². The van der Waals surface area contributed by atoms with Crippen molar-refractivity contribution in [2.75, 3.05) is 6.54 Å². The number of nitrogens with zero attached hydrogens (tertiary/aromatic N) is 2. The lowest BCUT2D eigenvalue weighted by Gasteiger charge is -2.31. The highest BCUT2D eigenvalue weighted by molar-refractivity contribution is 7.91. The minimum atomic E-state index is -3.90. The molecule has 1 aromatic carbocycles. The van der Waals surface area contributed by atoms with Crippen LogP contribution in [0.5, 0.6) is 0 Å². The Balaban J connectivity index is 1.12. The first-order chi connectivity index (χ1) is 24.4. The third-order valence-corrected chi connectivity index (χ3v) is 13.1. The number of hydrogen-bond donors (Lipinski definition) is 3. The van der Waals surface area contributed by atoms with E-state index in [2.05, 4.69) is 15.4 Å². The van der Waals surface area contributed by atoms with Crippen molar-refractivity contribution >= 4 is 51.5 Å². The first kappa shape index (κ1) is 35.5. The van der Waals surface area contributed by atoms with Crippen LogP contribution < -0.4 is 15.4 Å². The Bertz CT molecular complexity index is 1730. The highest BCUT2D eigenvalue weighted by Crippen LogP contribution is 2.46. The molecule has 3 aliphatic carbocycles. The topological polar surface area (TPSA) is 181 Å². The Kier molecular flexibility index (Phi) is 9.96. The van der Waals surface area contributed by atoms with Gasteiger partial charge in [0.15, 0.2) is 0 Å². The maximum Gasteiger partial charge on any atom is 0.410 e. The van der Waals surface area contributed by atoms with Gasteiger partial charge in [-0.15, -0.1) is 0 Å². The van der Waals surface area contributed by atoms with Gasteiger partial charge in [0.25, 0.3) is 5.91 Å². The second-order valence-corrected chi connectivity index (χ2v) is 17.0. The number of hydrogen-bond acceptors (Lipinski definition) is 9. The van der Waals surface area contributed by atoms with Gasteiger partial charge >= 0.3 is 12.2 Å². The third-order valence-electron chi connectivity index (χ3n) is 10.9. The van der Waals surface area contributed by atoms with Gasteiger partial charge in [-0.3, -0.25) is 24.0 Å². The number of carbonyl (C=O) groups excluding carboxylic acids is 5. The van der Waals surface area contributed by atoms with E-state index in [1.165, 1.54) is 9.80 Å². The van der Waals surface area contributed by atoms with Crippen LogP contribution in [0.15, 0.2) is 30.4 Å². The number of rotatable bonds is 6. The number of sulfonamides is 1. The lowest BCUT2D eigenvalue weighted by molar-refractivity contribution is -0.141. The molecule has 0 radical (unpaired) electrons. The van der Waals surface area contributed by atoms with Crippen molar-refractivity contribution in [3.8, 4) is 0 Å². The Morgan fingerprint density at radius 3 is 2.49 bits per heavy atom. The van der Waals surface area contributed by atoms with Crippen molar-refractivity contribution in [3.63, 3.8) is 0 Å². The zero-order valence-corrected chi connectivity index (χ0v) is 29.9. The molecular weight excluding hydrogens is 702 g/mol. The van der Waals surface area contributed by atoms with Crippen molar-refractivity contribution < 1.29 is 41.9 Å². The van der Waals surface area contributed by atoms with Crippen LogP contribution in [0.1, 0.15) is 88.2 Å². The van der Waals surface area contributed by atoms with E-state index < -0.39 is 74.8 Å². The smallest absolute Gasteiger partial charge is 0.410 e. The van der Waals surface area contributed by atoms with Crippen LogP contribution in [0.25, 0.3) is 0 Å². The number of allylic oxidation sites excluding steroid dienone is 1. The number of carbonyl (C=O) groups is 5. The standard InChI is InChI=1S/C35H44ClN5O9S/c36-27-12-6-8-21-18-40(20-26(21)27)34(46)50-24-16-29-30(42)38-35(32(44)39-51(47,48)25-14-15-25)17-22(35)9-4-2-1-3-5-13-28(31(43)41(29)19-24)37-33(45)49-23-10-7-11-23/h4,6,8-9,12,22-25,28-29H,1-3,5,7,10-11,13-20H2,(H,37,45)(H,38,42)(H,39,44)/b9-4-/t22-,24-,28+,29+,35-/m1/s1. The summed E-state index contributed by atoms with van der Waals surface area (Å²) < 4.78 is 39.1. The summed E-state index contributed by atoms with van der Waals surface area (Å²) in [5.41, 5.74) is 0.202. The van der Waals surface area contributed by atoms with Crippen molar-refractivity contribution in [3.05, 3.63) is 46.5 Å². The molecule has 0 spiro atoms. The van der Waals surface area contributed by atoms with Crippen molar-refractivity contribution in [1.82, 2.24) is 25.2 Å². The molecule has 6 aliphatic rings. The fourth-order valence-corrected chi connectivity index (χ4v) is 9.01. The molecule has 4 fully saturated rings. The molecule has 5 amide bonds. The number of benzene rings is 1. The second kappa shape index (κ2) is 14.3. The first-order valence-electron chi connectivity index (χ1n) is 18.0. The quantitative estimate of drug-likeness (QED) is 0.368. The molecule has 1 aromatic rings. The molecule has 14 nitrogen and oxygen atoms in total. The fourth-order valence-electron chi connectivity index (χ4n) is 7.39. The van der Waals surface area contributed by atoms with Crippen molar-refractivity contribution in [2.24, 2.45) is 5.92 Å². The average molecular weight is 746 g/mol. The van der Waals surface area contributed by atoms with Crippen LogP contribution in [0, 0.1) is 5.92 Å². The molecule has 3 N–H and O–H groups in total. The van der Waals surface area contributed by atoms with Gasteiger partial charge in [-0.05, 0) is 75.0 Å². The molecule has 3 heterocycles. The van der Waals surface area contributed by atoms with Crippen molar-refractivity contribution in [2.45, 2.75) is 125 Å². The lowest BCUT2D eigenvalue weighted by atomic mass is 9.96. The summed E-state index contributed by atoms with van der Waals surface area (Å²) in [4.78, 5) is 71.2. The minimum absolute atomic E-state index is 0.0668. The average Bonchev–Trinajstić information content (AvgIpc) is 3.95. The molecule has 0 bridgehead atoms. The van der Waals surface area contributed by atoms with Crippen LogP contribution in [0.3, 0.4) is 0 Å². The number of nitrogens with one attached hydrogen (secondary N) is 3. The highest BCUT2D eigenvalue weighted by Gasteiger charge is 2.62. The minimum Gasteiger partial charge on any atom is -0.446 e. The second-order valence-electron chi connectivity index (χ2n) is 14.6. The normalized spacial score (nSPS) is 30.3. The van der Waals surface area contributed by atoms with Crippen LogP contribution in [0.2, 0.25) is 5.02 Å². The summed E-state index contributed by atoms with van der Waals surface area (Å²) in [5, 5.41) is 5.45. The molecule has 3 saturated carbocycles. The van der Waals surface area contributed by atoms with E-state index in [1.54, 1.807) is 6.07 Å². The number of ether oxygens (including phenoxy) is 2. The molecule has 51 heavy (non-hydrogen) atoms. The predicted molar refractivity (Wildman–Crippen MR) is 183 cm³/mol. The third kappa shape index (κ3) is 7.69. The fraction of sp³-hybridized carbons (Fsp3) is 0.629. The number of amides is 5. The van der Waals surface area contributed by atoms with E-state index >= 15 is 0 Å². The van der Waals surface area contributed by atoms with Crippen LogP contribution >= 0.6 is 11.6 Å². The predicted octanol–water partition coefficient (Wildman–Crippen LogP) is 3.41. The lowest BCUT2D eigenvalue weighted by Crippen LogP contribution is -2.58.